The number of rotatable bonds is 5. The van der Waals surface area contributed by atoms with Crippen LogP contribution in [0, 0.1) is 0 Å². The molecule has 1 amide bonds. The summed E-state index contributed by atoms with van der Waals surface area (Å²) in [6, 6.07) is 17.2. The number of carbonyl (C=O) groups is 1. The third-order valence-electron chi connectivity index (χ3n) is 4.87. The quantitative estimate of drug-likeness (QED) is 0.607. The zero-order chi connectivity index (χ0) is 20.1. The van der Waals surface area contributed by atoms with Crippen LogP contribution in [0.5, 0.6) is 0 Å². The molecule has 29 heavy (non-hydrogen) atoms. The van der Waals surface area contributed by atoms with Crippen LogP contribution in [0.25, 0.3) is 11.8 Å². The van der Waals surface area contributed by atoms with E-state index in [1.54, 1.807) is 10.8 Å². The summed E-state index contributed by atoms with van der Waals surface area (Å²) < 4.78 is 1.72. The zero-order valence-electron chi connectivity index (χ0n) is 15.9. The highest BCUT2D eigenvalue weighted by atomic mass is 35.5. The number of piperazine rings is 1. The number of hydrogen-bond acceptors (Lipinski definition) is 5. The van der Waals surface area contributed by atoms with Gasteiger partial charge in [0, 0.05) is 37.3 Å². The van der Waals surface area contributed by atoms with Gasteiger partial charge in [0.15, 0.2) is 5.82 Å². The van der Waals surface area contributed by atoms with Crippen molar-refractivity contribution in [1.82, 2.24) is 30.0 Å². The predicted molar refractivity (Wildman–Crippen MR) is 111 cm³/mol. The van der Waals surface area contributed by atoms with Crippen molar-refractivity contribution in [3.05, 3.63) is 77.1 Å². The molecule has 0 aliphatic carbocycles. The van der Waals surface area contributed by atoms with Crippen LogP contribution < -0.4 is 0 Å². The molecule has 0 atom stereocenters. The Hall–Kier alpha value is -3.03. The van der Waals surface area contributed by atoms with Crippen LogP contribution in [0.3, 0.4) is 0 Å². The molecule has 0 spiro atoms. The van der Waals surface area contributed by atoms with E-state index in [9.17, 15) is 4.79 Å². The van der Waals surface area contributed by atoms with E-state index in [4.69, 9.17) is 11.6 Å². The number of carbonyl (C=O) groups excluding carboxylic acids is 1. The van der Waals surface area contributed by atoms with Gasteiger partial charge in [-0.05, 0) is 46.3 Å². The molecule has 148 valence electrons. The predicted octanol–water partition coefficient (Wildman–Crippen LogP) is 2.67. The molecular weight excluding hydrogens is 388 g/mol. The van der Waals surface area contributed by atoms with Crippen molar-refractivity contribution in [2.45, 2.75) is 6.54 Å². The van der Waals surface area contributed by atoms with Crippen molar-refractivity contribution in [3.63, 3.8) is 0 Å². The SMILES string of the molecule is O=C(/C=C\c1ccccc1)N1CCN(Cc2nnnn2-c2ccc(Cl)cc2)CC1. The van der Waals surface area contributed by atoms with Gasteiger partial charge in [-0.15, -0.1) is 5.10 Å². The number of nitrogens with zero attached hydrogens (tertiary/aromatic N) is 6. The summed E-state index contributed by atoms with van der Waals surface area (Å²) in [5.41, 5.74) is 1.89. The summed E-state index contributed by atoms with van der Waals surface area (Å²) in [5.74, 6) is 0.801. The van der Waals surface area contributed by atoms with E-state index in [0.29, 0.717) is 24.7 Å². The van der Waals surface area contributed by atoms with Crippen LogP contribution in [-0.4, -0.2) is 62.1 Å². The fourth-order valence-electron chi connectivity index (χ4n) is 3.25. The molecule has 2 heterocycles. The molecule has 8 heteroatoms. The van der Waals surface area contributed by atoms with Gasteiger partial charge in [0.1, 0.15) is 0 Å². The Balaban J connectivity index is 1.33. The summed E-state index contributed by atoms with van der Waals surface area (Å²) in [6.07, 6.45) is 3.50. The Morgan fingerprint density at radius 1 is 1.00 bits per heavy atom. The van der Waals surface area contributed by atoms with E-state index >= 15 is 0 Å². The second-order valence-corrected chi connectivity index (χ2v) is 7.27. The third kappa shape index (κ3) is 4.88. The molecular formula is C21H21ClN6O. The number of benzene rings is 2. The van der Waals surface area contributed by atoms with Gasteiger partial charge in [0.05, 0.1) is 12.2 Å². The maximum Gasteiger partial charge on any atom is 0.246 e. The van der Waals surface area contributed by atoms with E-state index in [1.807, 2.05) is 65.6 Å². The molecule has 1 aliphatic heterocycles. The normalized spacial score (nSPS) is 15.1. The maximum atomic E-state index is 12.4. The lowest BCUT2D eigenvalue weighted by Crippen LogP contribution is -2.48. The van der Waals surface area contributed by atoms with Gasteiger partial charge in [-0.2, -0.15) is 4.68 Å². The van der Waals surface area contributed by atoms with Crippen molar-refractivity contribution in [2.24, 2.45) is 0 Å². The second-order valence-electron chi connectivity index (χ2n) is 6.83. The van der Waals surface area contributed by atoms with Crippen LogP contribution in [0.15, 0.2) is 60.7 Å². The molecule has 4 rings (SSSR count). The number of hydrogen-bond donors (Lipinski definition) is 0. The lowest BCUT2D eigenvalue weighted by molar-refractivity contribution is -0.127. The summed E-state index contributed by atoms with van der Waals surface area (Å²) in [7, 11) is 0. The summed E-state index contributed by atoms with van der Waals surface area (Å²) in [5, 5.41) is 12.7. The Bertz CT molecular complexity index is 978. The van der Waals surface area contributed by atoms with Gasteiger partial charge in [0.25, 0.3) is 0 Å². The monoisotopic (exact) mass is 408 g/mol. The largest absolute Gasteiger partial charge is 0.337 e. The highest BCUT2D eigenvalue weighted by molar-refractivity contribution is 6.30. The molecule has 0 radical (unpaired) electrons. The van der Waals surface area contributed by atoms with E-state index in [2.05, 4.69) is 20.4 Å². The van der Waals surface area contributed by atoms with Gasteiger partial charge in [-0.1, -0.05) is 41.9 Å². The Labute approximate surface area is 174 Å². The van der Waals surface area contributed by atoms with Gasteiger partial charge >= 0.3 is 0 Å². The Kier molecular flexibility index (Phi) is 5.97. The van der Waals surface area contributed by atoms with Gasteiger partial charge < -0.3 is 4.90 Å². The highest BCUT2D eigenvalue weighted by Crippen LogP contribution is 2.15. The number of tetrazole rings is 1. The van der Waals surface area contributed by atoms with Gasteiger partial charge in [-0.3, -0.25) is 9.69 Å². The first-order valence-corrected chi connectivity index (χ1v) is 9.84. The maximum absolute atomic E-state index is 12.4. The Morgan fingerprint density at radius 3 is 2.45 bits per heavy atom. The molecule has 3 aromatic rings. The molecule has 1 aromatic heterocycles. The molecule has 0 saturated carbocycles. The first-order chi connectivity index (χ1) is 14.2. The van der Waals surface area contributed by atoms with Crippen LogP contribution in [0.2, 0.25) is 5.02 Å². The fraction of sp³-hybridized carbons (Fsp3) is 0.238. The van der Waals surface area contributed by atoms with Crippen molar-refractivity contribution >= 4 is 23.6 Å². The molecule has 0 bridgehead atoms. The molecule has 7 nitrogen and oxygen atoms in total. The molecule has 1 fully saturated rings. The van der Waals surface area contributed by atoms with Crippen LogP contribution in [0.4, 0.5) is 0 Å². The molecule has 2 aromatic carbocycles. The first kappa shape index (κ1) is 19.3. The van der Waals surface area contributed by atoms with Crippen LogP contribution in [0.1, 0.15) is 11.4 Å². The second kappa shape index (κ2) is 8.98. The van der Waals surface area contributed by atoms with Gasteiger partial charge in [0.2, 0.25) is 5.91 Å². The standard InChI is InChI=1S/C21H21ClN6O/c22-18-7-9-19(10-8-18)28-20(23-24-25-28)16-26-12-14-27(15-13-26)21(29)11-6-17-4-2-1-3-5-17/h1-11H,12-16H2/b11-6-. The fourth-order valence-corrected chi connectivity index (χ4v) is 3.38. The number of halogens is 1. The van der Waals surface area contributed by atoms with Crippen molar-refractivity contribution in [2.75, 3.05) is 26.2 Å². The smallest absolute Gasteiger partial charge is 0.246 e. The summed E-state index contributed by atoms with van der Waals surface area (Å²) in [4.78, 5) is 16.6. The Morgan fingerprint density at radius 2 is 1.72 bits per heavy atom. The zero-order valence-corrected chi connectivity index (χ0v) is 16.6. The van der Waals surface area contributed by atoms with E-state index < -0.39 is 0 Å². The average Bonchev–Trinajstić information content (AvgIpc) is 3.22. The van der Waals surface area contributed by atoms with E-state index in [1.165, 1.54) is 0 Å². The minimum absolute atomic E-state index is 0.0412. The van der Waals surface area contributed by atoms with Crippen LogP contribution >= 0.6 is 11.6 Å². The summed E-state index contributed by atoms with van der Waals surface area (Å²) >= 11 is 5.96. The molecule has 0 N–H and O–H groups in total. The number of aromatic nitrogens is 4. The van der Waals surface area contributed by atoms with E-state index in [-0.39, 0.29) is 5.91 Å². The minimum Gasteiger partial charge on any atom is -0.337 e. The first-order valence-electron chi connectivity index (χ1n) is 9.46. The minimum atomic E-state index is 0.0412. The van der Waals surface area contributed by atoms with Gasteiger partial charge in [-0.25, -0.2) is 0 Å². The van der Waals surface area contributed by atoms with Crippen molar-refractivity contribution < 1.29 is 4.79 Å². The summed E-state index contributed by atoms with van der Waals surface area (Å²) in [6.45, 7) is 3.54. The molecule has 1 saturated heterocycles. The third-order valence-corrected chi connectivity index (χ3v) is 5.12. The highest BCUT2D eigenvalue weighted by Gasteiger charge is 2.21. The average molecular weight is 409 g/mol. The van der Waals surface area contributed by atoms with Crippen LogP contribution in [-0.2, 0) is 11.3 Å². The lowest BCUT2D eigenvalue weighted by atomic mass is 10.2. The molecule has 1 aliphatic rings. The van der Waals surface area contributed by atoms with Crippen molar-refractivity contribution in [3.8, 4) is 5.69 Å². The molecule has 0 unspecified atom stereocenters. The lowest BCUT2D eigenvalue weighted by Gasteiger charge is -2.33. The number of amides is 1. The van der Waals surface area contributed by atoms with Crippen molar-refractivity contribution in [1.29, 1.82) is 0 Å². The topological polar surface area (TPSA) is 67.2 Å². The van der Waals surface area contributed by atoms with E-state index in [0.717, 1.165) is 30.2 Å².